The minimum Gasteiger partial charge on any atom is -0.396 e. The Bertz CT molecular complexity index is 220. The molecule has 0 aliphatic carbocycles. The molecule has 1 unspecified atom stereocenters. The first kappa shape index (κ1) is 12.5. The van der Waals surface area contributed by atoms with Crippen molar-refractivity contribution in [2.75, 3.05) is 26.8 Å². The van der Waals surface area contributed by atoms with Crippen LogP contribution in [0.2, 0.25) is 0 Å². The number of methoxy groups -OCH3 is 1. The summed E-state index contributed by atoms with van der Waals surface area (Å²) in [6.07, 6.45) is 3.00. The van der Waals surface area contributed by atoms with Crippen LogP contribution in [0.5, 0.6) is 0 Å². The predicted octanol–water partition coefficient (Wildman–Crippen LogP) is 0.786. The molecule has 1 rings (SSSR count). The Morgan fingerprint density at radius 1 is 1.60 bits per heavy atom. The molecular formula is C11H21NO3. The van der Waals surface area contributed by atoms with Crippen LogP contribution in [0.1, 0.15) is 32.6 Å². The Morgan fingerprint density at radius 3 is 2.93 bits per heavy atom. The van der Waals surface area contributed by atoms with E-state index < -0.39 is 0 Å². The summed E-state index contributed by atoms with van der Waals surface area (Å²) in [7, 11) is 1.70. The third-order valence-corrected chi connectivity index (χ3v) is 3.05. The van der Waals surface area contributed by atoms with Gasteiger partial charge in [0.05, 0.1) is 5.60 Å². The first-order valence-corrected chi connectivity index (χ1v) is 5.55. The van der Waals surface area contributed by atoms with Crippen LogP contribution in [0.3, 0.4) is 0 Å². The first-order valence-electron chi connectivity index (χ1n) is 5.55. The van der Waals surface area contributed by atoms with E-state index in [4.69, 9.17) is 9.84 Å². The number of ether oxygens (including phenoxy) is 1. The SMILES string of the molecule is COC1(C)CCCN(C(=O)CCCO)C1. The maximum absolute atomic E-state index is 11.7. The molecule has 4 heteroatoms. The highest BCUT2D eigenvalue weighted by molar-refractivity contribution is 5.76. The average Bonchev–Trinajstić information content (AvgIpc) is 2.26. The second-order valence-corrected chi connectivity index (χ2v) is 4.40. The van der Waals surface area contributed by atoms with Gasteiger partial charge in [-0.3, -0.25) is 4.79 Å². The zero-order chi connectivity index (χ0) is 11.3. The standard InChI is InChI=1S/C11H21NO3/c1-11(15-2)6-4-7-12(9-11)10(14)5-3-8-13/h13H,3-9H2,1-2H3. The van der Waals surface area contributed by atoms with Gasteiger partial charge in [-0.05, 0) is 26.2 Å². The monoisotopic (exact) mass is 215 g/mol. The van der Waals surface area contributed by atoms with Crippen molar-refractivity contribution in [3.8, 4) is 0 Å². The lowest BCUT2D eigenvalue weighted by Crippen LogP contribution is -2.49. The molecule has 0 saturated carbocycles. The molecule has 1 amide bonds. The Morgan fingerprint density at radius 2 is 2.33 bits per heavy atom. The number of rotatable bonds is 4. The predicted molar refractivity (Wildman–Crippen MR) is 57.5 cm³/mol. The summed E-state index contributed by atoms with van der Waals surface area (Å²) < 4.78 is 5.42. The summed E-state index contributed by atoms with van der Waals surface area (Å²) in [6, 6.07) is 0. The van der Waals surface area contributed by atoms with E-state index in [9.17, 15) is 4.79 Å². The normalized spacial score (nSPS) is 26.7. The van der Waals surface area contributed by atoms with E-state index in [0.717, 1.165) is 19.4 Å². The zero-order valence-electron chi connectivity index (χ0n) is 9.66. The molecular weight excluding hydrogens is 194 g/mol. The van der Waals surface area contributed by atoms with Gasteiger partial charge in [0.2, 0.25) is 5.91 Å². The fraction of sp³-hybridized carbons (Fsp3) is 0.909. The smallest absolute Gasteiger partial charge is 0.222 e. The average molecular weight is 215 g/mol. The molecule has 0 aromatic rings. The zero-order valence-corrected chi connectivity index (χ0v) is 9.66. The third kappa shape index (κ3) is 3.47. The van der Waals surface area contributed by atoms with Crippen LogP contribution in [-0.2, 0) is 9.53 Å². The van der Waals surface area contributed by atoms with Crippen molar-refractivity contribution < 1.29 is 14.6 Å². The van der Waals surface area contributed by atoms with Gasteiger partial charge in [0.15, 0.2) is 0 Å². The van der Waals surface area contributed by atoms with Gasteiger partial charge in [-0.25, -0.2) is 0 Å². The van der Waals surface area contributed by atoms with Gasteiger partial charge < -0.3 is 14.7 Å². The number of hydrogen-bond donors (Lipinski definition) is 1. The van der Waals surface area contributed by atoms with Crippen molar-refractivity contribution in [2.24, 2.45) is 0 Å². The molecule has 1 aliphatic rings. The Balaban J connectivity index is 2.45. The highest BCUT2D eigenvalue weighted by Crippen LogP contribution is 2.24. The highest BCUT2D eigenvalue weighted by atomic mass is 16.5. The van der Waals surface area contributed by atoms with Gasteiger partial charge in [0, 0.05) is 33.2 Å². The molecule has 0 aromatic carbocycles. The van der Waals surface area contributed by atoms with Crippen LogP contribution in [-0.4, -0.2) is 48.3 Å². The second-order valence-electron chi connectivity index (χ2n) is 4.40. The summed E-state index contributed by atoms with van der Waals surface area (Å²) in [5.41, 5.74) is -0.187. The molecule has 88 valence electrons. The van der Waals surface area contributed by atoms with Crippen molar-refractivity contribution in [2.45, 2.75) is 38.2 Å². The van der Waals surface area contributed by atoms with E-state index in [1.54, 1.807) is 7.11 Å². The molecule has 0 aromatic heterocycles. The first-order chi connectivity index (χ1) is 7.11. The van der Waals surface area contributed by atoms with Gasteiger partial charge in [0.1, 0.15) is 0 Å². The van der Waals surface area contributed by atoms with Crippen LogP contribution in [0.15, 0.2) is 0 Å². The maximum Gasteiger partial charge on any atom is 0.222 e. The van der Waals surface area contributed by atoms with Crippen LogP contribution >= 0.6 is 0 Å². The molecule has 1 saturated heterocycles. The fourth-order valence-corrected chi connectivity index (χ4v) is 1.97. The molecule has 1 atom stereocenters. The maximum atomic E-state index is 11.7. The topological polar surface area (TPSA) is 49.8 Å². The summed E-state index contributed by atoms with van der Waals surface area (Å²) in [4.78, 5) is 13.6. The molecule has 0 radical (unpaired) electrons. The fourth-order valence-electron chi connectivity index (χ4n) is 1.97. The summed E-state index contributed by atoms with van der Waals surface area (Å²) in [6.45, 7) is 3.62. The Hall–Kier alpha value is -0.610. The van der Waals surface area contributed by atoms with Gasteiger partial charge in [-0.15, -0.1) is 0 Å². The van der Waals surface area contributed by atoms with Gasteiger partial charge >= 0.3 is 0 Å². The number of carbonyl (C=O) groups is 1. The summed E-state index contributed by atoms with van der Waals surface area (Å²) >= 11 is 0. The van der Waals surface area contributed by atoms with Crippen LogP contribution < -0.4 is 0 Å². The number of amides is 1. The number of hydrogen-bond acceptors (Lipinski definition) is 3. The van der Waals surface area contributed by atoms with Crippen molar-refractivity contribution in [3.63, 3.8) is 0 Å². The van der Waals surface area contributed by atoms with E-state index in [1.165, 1.54) is 0 Å². The lowest BCUT2D eigenvalue weighted by atomic mass is 9.94. The molecule has 1 fully saturated rings. The number of piperidine rings is 1. The minimum atomic E-state index is -0.187. The van der Waals surface area contributed by atoms with Gasteiger partial charge in [0.25, 0.3) is 0 Å². The van der Waals surface area contributed by atoms with Gasteiger partial charge in [-0.1, -0.05) is 0 Å². The van der Waals surface area contributed by atoms with E-state index in [0.29, 0.717) is 19.4 Å². The molecule has 0 spiro atoms. The number of nitrogens with zero attached hydrogens (tertiary/aromatic N) is 1. The molecule has 15 heavy (non-hydrogen) atoms. The molecule has 4 nitrogen and oxygen atoms in total. The number of likely N-dealkylation sites (tertiary alicyclic amines) is 1. The Labute approximate surface area is 91.2 Å². The summed E-state index contributed by atoms with van der Waals surface area (Å²) in [5, 5.41) is 8.67. The Kier molecular flexibility index (Phi) is 4.54. The highest BCUT2D eigenvalue weighted by Gasteiger charge is 2.32. The van der Waals surface area contributed by atoms with Crippen LogP contribution in [0, 0.1) is 0 Å². The van der Waals surface area contributed by atoms with Crippen molar-refractivity contribution in [3.05, 3.63) is 0 Å². The van der Waals surface area contributed by atoms with E-state index in [-0.39, 0.29) is 18.1 Å². The molecule has 1 aliphatic heterocycles. The number of aliphatic hydroxyl groups excluding tert-OH is 1. The van der Waals surface area contributed by atoms with Crippen molar-refractivity contribution in [1.29, 1.82) is 0 Å². The quantitative estimate of drug-likeness (QED) is 0.754. The lowest BCUT2D eigenvalue weighted by molar-refractivity contribution is -0.139. The van der Waals surface area contributed by atoms with Crippen molar-refractivity contribution in [1.82, 2.24) is 4.90 Å². The number of carbonyl (C=O) groups excluding carboxylic acids is 1. The van der Waals surface area contributed by atoms with E-state index >= 15 is 0 Å². The van der Waals surface area contributed by atoms with E-state index in [1.807, 2.05) is 11.8 Å². The van der Waals surface area contributed by atoms with Gasteiger partial charge in [-0.2, -0.15) is 0 Å². The summed E-state index contributed by atoms with van der Waals surface area (Å²) in [5.74, 6) is 0.132. The minimum absolute atomic E-state index is 0.0845. The van der Waals surface area contributed by atoms with Crippen molar-refractivity contribution >= 4 is 5.91 Å². The number of aliphatic hydroxyl groups is 1. The van der Waals surface area contributed by atoms with Crippen LogP contribution in [0.25, 0.3) is 0 Å². The van der Waals surface area contributed by atoms with E-state index in [2.05, 4.69) is 0 Å². The second kappa shape index (κ2) is 5.47. The third-order valence-electron chi connectivity index (χ3n) is 3.05. The molecule has 1 N–H and O–H groups in total. The van der Waals surface area contributed by atoms with Crippen LogP contribution in [0.4, 0.5) is 0 Å². The lowest BCUT2D eigenvalue weighted by Gasteiger charge is -2.39. The largest absolute Gasteiger partial charge is 0.396 e. The molecule has 0 bridgehead atoms. The molecule has 1 heterocycles.